The average Bonchev–Trinajstić information content (AvgIpc) is 2.36. The van der Waals surface area contributed by atoms with Gasteiger partial charge < -0.3 is 10.1 Å². The third-order valence-corrected chi connectivity index (χ3v) is 3.95. The largest absolute Gasteiger partial charge is 0.375 e. The molecule has 1 N–H and O–H groups in total. The number of aromatic nitrogens is 1. The lowest BCUT2D eigenvalue weighted by Gasteiger charge is -2.24. The number of nitrogens with zero attached hydrogens (tertiary/aromatic N) is 1. The minimum absolute atomic E-state index is 0.507. The average molecular weight is 283 g/mol. The fraction of sp³-hybridized carbons (Fsp3) is 0.667. The van der Waals surface area contributed by atoms with E-state index in [-0.39, 0.29) is 0 Å². The molecule has 0 aromatic carbocycles. The van der Waals surface area contributed by atoms with E-state index in [9.17, 15) is 0 Å². The summed E-state index contributed by atoms with van der Waals surface area (Å²) in [5.74, 6) is 1.77. The van der Waals surface area contributed by atoms with Crippen molar-refractivity contribution in [3.05, 3.63) is 22.8 Å². The zero-order chi connectivity index (χ0) is 13.5. The summed E-state index contributed by atoms with van der Waals surface area (Å²) in [6.07, 6.45) is 6.39. The highest BCUT2D eigenvalue weighted by Gasteiger charge is 2.16. The molecule has 1 saturated carbocycles. The first-order valence-electron chi connectivity index (χ1n) is 7.26. The molecule has 0 saturated heterocycles. The first-order valence-corrected chi connectivity index (χ1v) is 7.64. The zero-order valence-corrected chi connectivity index (χ0v) is 12.4. The van der Waals surface area contributed by atoms with Crippen LogP contribution in [0.2, 0.25) is 5.02 Å². The van der Waals surface area contributed by atoms with Gasteiger partial charge in [0, 0.05) is 13.2 Å². The molecular weight excluding hydrogens is 260 g/mol. The number of halogens is 1. The quantitative estimate of drug-likeness (QED) is 0.723. The number of hydrogen-bond donors (Lipinski definition) is 1. The monoisotopic (exact) mass is 282 g/mol. The first kappa shape index (κ1) is 14.6. The summed E-state index contributed by atoms with van der Waals surface area (Å²) in [7, 11) is 0. The number of ether oxygens (including phenoxy) is 1. The Morgan fingerprint density at radius 2 is 2.26 bits per heavy atom. The Labute approximate surface area is 120 Å². The molecule has 0 atom stereocenters. The van der Waals surface area contributed by atoms with Crippen molar-refractivity contribution < 1.29 is 4.74 Å². The van der Waals surface area contributed by atoms with E-state index in [4.69, 9.17) is 16.3 Å². The van der Waals surface area contributed by atoms with Gasteiger partial charge in [-0.25, -0.2) is 4.98 Å². The summed E-state index contributed by atoms with van der Waals surface area (Å²) in [5.41, 5.74) is 0.830. The van der Waals surface area contributed by atoms with Crippen LogP contribution < -0.4 is 5.32 Å². The summed E-state index contributed by atoms with van der Waals surface area (Å²) >= 11 is 6.14. The Kier molecular flexibility index (Phi) is 5.93. The number of hydrogen-bond acceptors (Lipinski definition) is 3. The Bertz CT molecular complexity index is 394. The molecule has 1 aromatic heterocycles. The van der Waals surface area contributed by atoms with E-state index >= 15 is 0 Å². The van der Waals surface area contributed by atoms with E-state index in [2.05, 4.69) is 17.2 Å². The molecule has 3 nitrogen and oxygen atoms in total. The van der Waals surface area contributed by atoms with Gasteiger partial charge in [0.2, 0.25) is 0 Å². The van der Waals surface area contributed by atoms with Gasteiger partial charge in [0.1, 0.15) is 5.82 Å². The number of nitrogens with one attached hydrogen (secondary N) is 1. The number of rotatable bonds is 8. The van der Waals surface area contributed by atoms with Gasteiger partial charge in [0.25, 0.3) is 0 Å². The molecule has 1 heterocycles. The van der Waals surface area contributed by atoms with Crippen molar-refractivity contribution in [1.29, 1.82) is 0 Å². The standard InChI is InChI=1S/C15H23ClN2O/c1-2-9-17-15-7-6-13(16)14(18-15)11-19-10-8-12-4-3-5-12/h6-7,12H,2-5,8-11H2,1H3,(H,17,18). The Morgan fingerprint density at radius 3 is 2.95 bits per heavy atom. The van der Waals surface area contributed by atoms with E-state index in [0.29, 0.717) is 11.6 Å². The molecule has 1 aromatic rings. The minimum Gasteiger partial charge on any atom is -0.375 e. The second kappa shape index (κ2) is 7.71. The van der Waals surface area contributed by atoms with Crippen LogP contribution in [0.3, 0.4) is 0 Å². The van der Waals surface area contributed by atoms with Crippen LogP contribution in [0.25, 0.3) is 0 Å². The van der Waals surface area contributed by atoms with Crippen molar-refractivity contribution in [1.82, 2.24) is 4.98 Å². The predicted octanol–water partition coefficient (Wildman–Crippen LogP) is 4.26. The van der Waals surface area contributed by atoms with Gasteiger partial charge in [0.15, 0.2) is 0 Å². The molecule has 4 heteroatoms. The predicted molar refractivity (Wildman–Crippen MR) is 79.6 cm³/mol. The highest BCUT2D eigenvalue weighted by molar-refractivity contribution is 6.31. The lowest BCUT2D eigenvalue weighted by molar-refractivity contribution is 0.0930. The van der Waals surface area contributed by atoms with Gasteiger partial charge in [-0.05, 0) is 30.9 Å². The minimum atomic E-state index is 0.507. The molecule has 0 unspecified atom stereocenters. The van der Waals surface area contributed by atoms with E-state index in [1.165, 1.54) is 25.7 Å². The van der Waals surface area contributed by atoms with Crippen LogP contribution in [0, 0.1) is 5.92 Å². The molecule has 1 aliphatic rings. The maximum absolute atomic E-state index is 6.14. The van der Waals surface area contributed by atoms with Crippen molar-refractivity contribution in [3.8, 4) is 0 Å². The van der Waals surface area contributed by atoms with Gasteiger partial charge in [-0.3, -0.25) is 0 Å². The van der Waals surface area contributed by atoms with Crippen LogP contribution in [0.15, 0.2) is 12.1 Å². The molecule has 0 radical (unpaired) electrons. The molecule has 19 heavy (non-hydrogen) atoms. The van der Waals surface area contributed by atoms with Gasteiger partial charge in [-0.1, -0.05) is 37.8 Å². The van der Waals surface area contributed by atoms with Crippen molar-refractivity contribution in [3.63, 3.8) is 0 Å². The van der Waals surface area contributed by atoms with E-state index in [1.807, 2.05) is 12.1 Å². The highest BCUT2D eigenvalue weighted by Crippen LogP contribution is 2.29. The summed E-state index contributed by atoms with van der Waals surface area (Å²) in [6.45, 7) is 4.38. The van der Waals surface area contributed by atoms with E-state index in [1.54, 1.807) is 0 Å². The van der Waals surface area contributed by atoms with Gasteiger partial charge in [-0.2, -0.15) is 0 Å². The molecule has 0 aliphatic heterocycles. The van der Waals surface area contributed by atoms with Crippen LogP contribution in [0.4, 0.5) is 5.82 Å². The summed E-state index contributed by atoms with van der Waals surface area (Å²) in [4.78, 5) is 4.49. The maximum atomic E-state index is 6.14. The fourth-order valence-electron chi connectivity index (χ4n) is 2.14. The molecule has 0 bridgehead atoms. The first-order chi connectivity index (χ1) is 9.29. The normalized spacial score (nSPS) is 15.3. The second-order valence-electron chi connectivity index (χ2n) is 5.19. The Balaban J connectivity index is 1.76. The van der Waals surface area contributed by atoms with Crippen molar-refractivity contribution >= 4 is 17.4 Å². The molecule has 1 fully saturated rings. The van der Waals surface area contributed by atoms with Gasteiger partial charge in [-0.15, -0.1) is 0 Å². The van der Waals surface area contributed by atoms with Gasteiger partial charge >= 0.3 is 0 Å². The van der Waals surface area contributed by atoms with Crippen LogP contribution in [-0.2, 0) is 11.3 Å². The lowest BCUT2D eigenvalue weighted by Crippen LogP contribution is -2.13. The van der Waals surface area contributed by atoms with Crippen molar-refractivity contribution in [2.24, 2.45) is 5.92 Å². The second-order valence-corrected chi connectivity index (χ2v) is 5.60. The lowest BCUT2D eigenvalue weighted by atomic mass is 9.83. The third kappa shape index (κ3) is 4.66. The number of anilines is 1. The zero-order valence-electron chi connectivity index (χ0n) is 11.6. The van der Waals surface area contributed by atoms with Crippen LogP contribution >= 0.6 is 11.6 Å². The Morgan fingerprint density at radius 1 is 1.42 bits per heavy atom. The smallest absolute Gasteiger partial charge is 0.126 e. The summed E-state index contributed by atoms with van der Waals surface area (Å²) in [6, 6.07) is 3.80. The summed E-state index contributed by atoms with van der Waals surface area (Å²) < 4.78 is 5.69. The summed E-state index contributed by atoms with van der Waals surface area (Å²) in [5, 5.41) is 3.95. The fourth-order valence-corrected chi connectivity index (χ4v) is 2.30. The van der Waals surface area contributed by atoms with Crippen molar-refractivity contribution in [2.75, 3.05) is 18.5 Å². The SMILES string of the molecule is CCCNc1ccc(Cl)c(COCCC2CCC2)n1. The Hall–Kier alpha value is -0.800. The molecule has 2 rings (SSSR count). The van der Waals surface area contributed by atoms with Gasteiger partial charge in [0.05, 0.1) is 17.3 Å². The molecular formula is C15H23ClN2O. The molecule has 1 aliphatic carbocycles. The van der Waals surface area contributed by atoms with E-state index < -0.39 is 0 Å². The van der Waals surface area contributed by atoms with Crippen molar-refractivity contribution in [2.45, 2.75) is 45.6 Å². The topological polar surface area (TPSA) is 34.1 Å². The third-order valence-electron chi connectivity index (χ3n) is 3.61. The van der Waals surface area contributed by atoms with Crippen LogP contribution in [0.5, 0.6) is 0 Å². The van der Waals surface area contributed by atoms with E-state index in [0.717, 1.165) is 37.0 Å². The number of pyridine rings is 1. The molecule has 0 spiro atoms. The van der Waals surface area contributed by atoms with Crippen LogP contribution in [-0.4, -0.2) is 18.1 Å². The maximum Gasteiger partial charge on any atom is 0.126 e. The molecule has 0 amide bonds. The molecule has 106 valence electrons. The van der Waals surface area contributed by atoms with Crippen LogP contribution in [0.1, 0.15) is 44.7 Å². The highest BCUT2D eigenvalue weighted by atomic mass is 35.5.